The molecule has 0 spiro atoms. The molecule has 2 heterocycles. The van der Waals surface area contributed by atoms with Gasteiger partial charge in [-0.3, -0.25) is 5.73 Å². The van der Waals surface area contributed by atoms with Crippen molar-refractivity contribution in [3.05, 3.63) is 45.7 Å². The Bertz CT molecular complexity index is 1180. The van der Waals surface area contributed by atoms with Gasteiger partial charge in [-0.15, -0.1) is 0 Å². The van der Waals surface area contributed by atoms with Gasteiger partial charge in [0.05, 0.1) is 7.11 Å². The first-order valence-electron chi connectivity index (χ1n) is 8.57. The zero-order valence-corrected chi connectivity index (χ0v) is 15.6. The third-order valence-electron chi connectivity index (χ3n) is 5.04. The first-order chi connectivity index (χ1) is 13.5. The number of nitrogens with zero attached hydrogens (tertiary/aromatic N) is 2. The van der Waals surface area contributed by atoms with Crippen LogP contribution in [0, 0.1) is 29.6 Å². The number of nitrogen functional groups attached to an aromatic ring is 1. The maximum atomic E-state index is 9.67. The number of aromatic nitrogens is 1. The van der Waals surface area contributed by atoms with E-state index in [1.54, 1.807) is 7.11 Å². The summed E-state index contributed by atoms with van der Waals surface area (Å²) in [4.78, 5) is 3.02. The van der Waals surface area contributed by atoms with Gasteiger partial charge in [-0.2, -0.15) is 10.5 Å². The van der Waals surface area contributed by atoms with Crippen molar-refractivity contribution >= 4 is 23.0 Å². The monoisotopic (exact) mass is 373 g/mol. The van der Waals surface area contributed by atoms with E-state index in [4.69, 9.17) is 19.9 Å². The average molecular weight is 373 g/mol. The van der Waals surface area contributed by atoms with Crippen molar-refractivity contribution in [2.75, 3.05) is 19.6 Å². The van der Waals surface area contributed by atoms with Crippen molar-refractivity contribution in [2.45, 2.75) is 13.8 Å². The molecule has 0 amide bonds. The summed E-state index contributed by atoms with van der Waals surface area (Å²) in [7, 11) is 1.57. The van der Waals surface area contributed by atoms with Gasteiger partial charge in [0.15, 0.2) is 17.2 Å². The Balaban J connectivity index is 1.97. The molecular formula is C21H17N4O3+. The number of benzene rings is 1. The van der Waals surface area contributed by atoms with Gasteiger partial charge in [-0.1, -0.05) is 0 Å². The van der Waals surface area contributed by atoms with Crippen molar-refractivity contribution in [3.8, 4) is 29.4 Å². The molecular weight excluding hydrogens is 356 g/mol. The molecule has 2 aliphatic rings. The van der Waals surface area contributed by atoms with Gasteiger partial charge in [0.2, 0.25) is 12.5 Å². The number of hydrogen-bond donors (Lipinski definition) is 1. The van der Waals surface area contributed by atoms with E-state index in [1.165, 1.54) is 0 Å². The highest BCUT2D eigenvalue weighted by molar-refractivity contribution is 6.07. The topological polar surface area (TPSA) is 115 Å². The molecule has 3 N–H and O–H groups in total. The van der Waals surface area contributed by atoms with Crippen LogP contribution in [0.4, 0.5) is 5.82 Å². The Morgan fingerprint density at radius 1 is 1.21 bits per heavy atom. The van der Waals surface area contributed by atoms with Crippen LogP contribution in [0.15, 0.2) is 17.7 Å². The molecule has 0 fully saturated rings. The highest BCUT2D eigenvalue weighted by Gasteiger charge is 2.32. The predicted molar refractivity (Wildman–Crippen MR) is 102 cm³/mol. The summed E-state index contributed by atoms with van der Waals surface area (Å²) in [5.41, 5.74) is 11.5. The lowest BCUT2D eigenvalue weighted by molar-refractivity contribution is -0.364. The first kappa shape index (κ1) is 17.4. The van der Waals surface area contributed by atoms with E-state index in [9.17, 15) is 10.5 Å². The minimum atomic E-state index is 0.144. The number of methoxy groups -OCH3 is 1. The van der Waals surface area contributed by atoms with Crippen LogP contribution < -0.4 is 24.9 Å². The zero-order valence-electron chi connectivity index (χ0n) is 15.6. The Labute approximate surface area is 161 Å². The van der Waals surface area contributed by atoms with Gasteiger partial charge in [0, 0.05) is 5.56 Å². The summed E-state index contributed by atoms with van der Waals surface area (Å²) < 4.78 is 16.4. The number of hydrogen-bond acceptors (Lipinski definition) is 6. The molecule has 1 aromatic heterocycles. The van der Waals surface area contributed by atoms with Crippen LogP contribution in [-0.4, -0.2) is 13.9 Å². The van der Waals surface area contributed by atoms with E-state index in [0.29, 0.717) is 34.1 Å². The van der Waals surface area contributed by atoms with Crippen LogP contribution in [0.3, 0.4) is 0 Å². The second-order valence-electron chi connectivity index (χ2n) is 6.53. The summed E-state index contributed by atoms with van der Waals surface area (Å²) in [5.74, 6) is 2.00. The lowest BCUT2D eigenvalue weighted by Crippen LogP contribution is -2.20. The number of nitrogens with two attached hydrogens (primary N) is 1. The van der Waals surface area contributed by atoms with Crippen LogP contribution >= 0.6 is 0 Å². The fourth-order valence-corrected chi connectivity index (χ4v) is 3.67. The number of allylic oxidation sites excluding steroid dienone is 3. The van der Waals surface area contributed by atoms with E-state index in [0.717, 1.165) is 27.8 Å². The van der Waals surface area contributed by atoms with E-state index in [2.05, 4.69) is 17.1 Å². The van der Waals surface area contributed by atoms with Crippen LogP contribution in [0.1, 0.15) is 34.9 Å². The number of fused-ring (bicyclic) bond motifs is 2. The van der Waals surface area contributed by atoms with Crippen molar-refractivity contribution < 1.29 is 19.2 Å². The zero-order chi connectivity index (χ0) is 20.0. The van der Waals surface area contributed by atoms with Crippen molar-refractivity contribution in [1.29, 1.82) is 10.5 Å². The highest BCUT2D eigenvalue weighted by Crippen LogP contribution is 2.45. The van der Waals surface area contributed by atoms with Crippen LogP contribution in [0.5, 0.6) is 17.2 Å². The molecule has 0 atom stereocenters. The van der Waals surface area contributed by atoms with Gasteiger partial charge in [-0.05, 0) is 54.3 Å². The van der Waals surface area contributed by atoms with E-state index in [1.807, 2.05) is 32.1 Å². The minimum Gasteiger partial charge on any atom is -0.493 e. The molecule has 28 heavy (non-hydrogen) atoms. The van der Waals surface area contributed by atoms with E-state index >= 15 is 0 Å². The number of H-pyrrole nitrogens is 1. The van der Waals surface area contributed by atoms with Gasteiger partial charge in [0.25, 0.3) is 5.82 Å². The summed E-state index contributed by atoms with van der Waals surface area (Å²) in [6.45, 7) is 3.86. The number of pyridine rings is 1. The highest BCUT2D eigenvalue weighted by atomic mass is 16.7. The summed E-state index contributed by atoms with van der Waals surface area (Å²) in [6.07, 6.45) is 1.95. The number of nitriles is 2. The van der Waals surface area contributed by atoms with Gasteiger partial charge < -0.3 is 14.2 Å². The van der Waals surface area contributed by atoms with Gasteiger partial charge in [-0.25, -0.2) is 4.98 Å². The fourth-order valence-electron chi connectivity index (χ4n) is 3.67. The molecule has 2 aromatic rings. The number of aromatic amines is 1. The van der Waals surface area contributed by atoms with Crippen LogP contribution in [0.25, 0.3) is 17.2 Å². The number of ether oxygens (including phenoxy) is 3. The van der Waals surface area contributed by atoms with Crippen molar-refractivity contribution in [2.24, 2.45) is 0 Å². The lowest BCUT2D eigenvalue weighted by Gasteiger charge is -2.10. The molecule has 0 unspecified atom stereocenters. The molecule has 4 rings (SSSR count). The van der Waals surface area contributed by atoms with E-state index < -0.39 is 0 Å². The Kier molecular flexibility index (Phi) is 3.94. The number of rotatable bonds is 2. The second-order valence-corrected chi connectivity index (χ2v) is 6.53. The predicted octanol–water partition coefficient (Wildman–Crippen LogP) is 2.85. The smallest absolute Gasteiger partial charge is 0.289 e. The van der Waals surface area contributed by atoms with Crippen molar-refractivity contribution in [3.63, 3.8) is 0 Å². The Morgan fingerprint density at radius 3 is 2.68 bits per heavy atom. The molecule has 7 heteroatoms. The van der Waals surface area contributed by atoms with Gasteiger partial charge in [0.1, 0.15) is 23.3 Å². The first-order valence-corrected chi connectivity index (χ1v) is 8.57. The lowest BCUT2D eigenvalue weighted by atomic mass is 9.95. The van der Waals surface area contributed by atoms with Crippen molar-refractivity contribution in [1.82, 2.24) is 0 Å². The molecule has 1 aliphatic carbocycles. The van der Waals surface area contributed by atoms with Crippen LogP contribution in [0.2, 0.25) is 0 Å². The quantitative estimate of drug-likeness (QED) is 0.865. The third-order valence-corrected chi connectivity index (χ3v) is 5.04. The fraction of sp³-hybridized carbons (Fsp3) is 0.190. The number of anilines is 1. The Hall–Kier alpha value is -3.97. The van der Waals surface area contributed by atoms with E-state index in [-0.39, 0.29) is 12.6 Å². The van der Waals surface area contributed by atoms with Gasteiger partial charge >= 0.3 is 0 Å². The Morgan fingerprint density at radius 2 is 2.00 bits per heavy atom. The molecule has 7 nitrogen and oxygen atoms in total. The molecule has 0 radical (unpaired) electrons. The standard InChI is InChI=1S/C21H16N4O3/c1-10-13(4-12-5-16(26-3)20-17(6-12)27-9-28-20)18-11(2)15(8-23)21(24)25-19(18)14(10)7-22/h4-6H,9H2,1-3H3,(H2,24,25)/p+1. The SMILES string of the molecule is COc1cc(C=C2C(C)=C(C#N)c3[nH+]c(N)c(C#N)c(C)c32)cc2c1OCO2. The number of nitrogens with one attached hydrogen (secondary N) is 1. The molecule has 1 aromatic carbocycles. The minimum absolute atomic E-state index is 0.144. The third kappa shape index (κ3) is 2.38. The summed E-state index contributed by atoms with van der Waals surface area (Å²) in [6, 6.07) is 8.08. The van der Waals surface area contributed by atoms with Crippen LogP contribution in [-0.2, 0) is 0 Å². The summed E-state index contributed by atoms with van der Waals surface area (Å²) >= 11 is 0. The summed E-state index contributed by atoms with van der Waals surface area (Å²) in [5, 5.41) is 19.1. The second kappa shape index (κ2) is 6.33. The molecule has 138 valence electrons. The molecule has 0 saturated heterocycles. The molecule has 0 bridgehead atoms. The maximum Gasteiger partial charge on any atom is 0.289 e. The maximum absolute atomic E-state index is 9.67. The largest absolute Gasteiger partial charge is 0.493 e. The average Bonchev–Trinajstić information content (AvgIpc) is 3.24. The molecule has 0 saturated carbocycles. The normalized spacial score (nSPS) is 15.4. The molecule has 1 aliphatic heterocycles.